The molecule has 0 aliphatic heterocycles. The van der Waals surface area contributed by atoms with Crippen molar-refractivity contribution in [2.24, 2.45) is 5.92 Å². The third-order valence-electron chi connectivity index (χ3n) is 1.89. The van der Waals surface area contributed by atoms with E-state index in [2.05, 4.69) is 25.2 Å². The maximum Gasteiger partial charge on any atom is 0.243 e. The molecule has 0 aliphatic rings. The van der Waals surface area contributed by atoms with Crippen molar-refractivity contribution in [1.82, 2.24) is 5.32 Å². The van der Waals surface area contributed by atoms with E-state index >= 15 is 0 Å². The molecular formula is C14H23NO. The van der Waals surface area contributed by atoms with Crippen molar-refractivity contribution in [2.75, 3.05) is 6.54 Å². The molecule has 2 nitrogen and oxygen atoms in total. The normalized spacial score (nSPS) is 12.2. The molecule has 2 heteroatoms. The number of nitrogens with one attached hydrogen (secondary N) is 1. The summed E-state index contributed by atoms with van der Waals surface area (Å²) in [6, 6.07) is 0. The number of hydrogen-bond acceptors (Lipinski definition) is 1. The fraction of sp³-hybridized carbons (Fsp3) is 0.500. The Balaban J connectivity index is 3.56. The Kier molecular flexibility index (Phi) is 9.38. The molecule has 0 fully saturated rings. The van der Waals surface area contributed by atoms with Crippen LogP contribution in [0.25, 0.3) is 0 Å². The molecule has 0 heterocycles. The van der Waals surface area contributed by atoms with E-state index in [-0.39, 0.29) is 5.91 Å². The predicted octanol–water partition coefficient (Wildman–Crippen LogP) is 3.23. The van der Waals surface area contributed by atoms with Gasteiger partial charge in [-0.3, -0.25) is 4.79 Å². The van der Waals surface area contributed by atoms with Crippen molar-refractivity contribution in [3.8, 4) is 0 Å². The van der Waals surface area contributed by atoms with E-state index in [0.29, 0.717) is 5.92 Å². The average Bonchev–Trinajstić information content (AvgIpc) is 2.25. The van der Waals surface area contributed by atoms with Crippen molar-refractivity contribution in [2.45, 2.75) is 33.6 Å². The molecule has 0 saturated carbocycles. The molecule has 0 rings (SSSR count). The number of hydrogen-bond donors (Lipinski definition) is 1. The molecule has 0 aromatic rings. The minimum atomic E-state index is 0.00568. The molecule has 90 valence electrons. The summed E-state index contributed by atoms with van der Waals surface area (Å²) in [5.41, 5.74) is 0. The Bertz CT molecular complexity index is 262. The zero-order chi connectivity index (χ0) is 12.2. The number of carbonyl (C=O) groups is 1. The second kappa shape index (κ2) is 10.2. The smallest absolute Gasteiger partial charge is 0.243 e. The van der Waals surface area contributed by atoms with Crippen LogP contribution >= 0.6 is 0 Å². The second-order valence-corrected chi connectivity index (χ2v) is 4.07. The molecule has 16 heavy (non-hydrogen) atoms. The number of amides is 1. The van der Waals surface area contributed by atoms with Gasteiger partial charge in [0.15, 0.2) is 0 Å². The predicted molar refractivity (Wildman–Crippen MR) is 70.2 cm³/mol. The highest BCUT2D eigenvalue weighted by atomic mass is 16.1. The standard InChI is InChI=1S/C14H23NO/c1-4-5-6-7-8-9-10-11-14(16)15-12-13(2)3/h4-7,10-11,13H,8-9,12H2,1-3H3,(H,15,16)/b5-4-,7-6+,11-10+. The molecule has 0 spiro atoms. The quantitative estimate of drug-likeness (QED) is 0.399. The Morgan fingerprint density at radius 3 is 2.50 bits per heavy atom. The molecule has 0 aromatic carbocycles. The highest BCUT2D eigenvalue weighted by Gasteiger charge is 1.96. The fourth-order valence-electron chi connectivity index (χ4n) is 1.03. The summed E-state index contributed by atoms with van der Waals surface area (Å²) in [5, 5.41) is 2.84. The van der Waals surface area contributed by atoms with E-state index in [1.54, 1.807) is 6.08 Å². The van der Waals surface area contributed by atoms with Gasteiger partial charge in [0.2, 0.25) is 5.91 Å². The molecular weight excluding hydrogens is 198 g/mol. The second-order valence-electron chi connectivity index (χ2n) is 4.07. The van der Waals surface area contributed by atoms with Gasteiger partial charge in [-0.1, -0.05) is 44.2 Å². The van der Waals surface area contributed by atoms with Crippen LogP contribution in [0.2, 0.25) is 0 Å². The van der Waals surface area contributed by atoms with Crippen molar-refractivity contribution >= 4 is 5.91 Å². The Labute approximate surface area is 99.1 Å². The van der Waals surface area contributed by atoms with Gasteiger partial charge in [-0.25, -0.2) is 0 Å². The summed E-state index contributed by atoms with van der Waals surface area (Å²) in [4.78, 5) is 11.3. The largest absolute Gasteiger partial charge is 0.352 e. The Morgan fingerprint density at radius 1 is 1.19 bits per heavy atom. The van der Waals surface area contributed by atoms with Gasteiger partial charge in [-0.15, -0.1) is 0 Å². The van der Waals surface area contributed by atoms with Gasteiger partial charge in [0, 0.05) is 6.54 Å². The zero-order valence-corrected chi connectivity index (χ0v) is 10.6. The maximum absolute atomic E-state index is 11.3. The van der Waals surface area contributed by atoms with Gasteiger partial charge >= 0.3 is 0 Å². The lowest BCUT2D eigenvalue weighted by Crippen LogP contribution is -2.25. The Morgan fingerprint density at radius 2 is 1.88 bits per heavy atom. The van der Waals surface area contributed by atoms with Crippen LogP contribution in [-0.4, -0.2) is 12.5 Å². The molecule has 0 bridgehead atoms. The summed E-state index contributed by atoms with van der Waals surface area (Å²) in [6.45, 7) is 6.89. The first-order valence-electron chi connectivity index (χ1n) is 5.89. The van der Waals surface area contributed by atoms with E-state index in [1.807, 2.05) is 31.2 Å². The molecule has 1 N–H and O–H groups in total. The molecule has 0 aromatic heterocycles. The summed E-state index contributed by atoms with van der Waals surface area (Å²) in [6.07, 6.45) is 13.5. The minimum absolute atomic E-state index is 0.00568. The number of allylic oxidation sites excluding steroid dienone is 5. The highest BCUT2D eigenvalue weighted by molar-refractivity contribution is 5.87. The Hall–Kier alpha value is -1.31. The van der Waals surface area contributed by atoms with Crippen LogP contribution in [0.4, 0.5) is 0 Å². The highest BCUT2D eigenvalue weighted by Crippen LogP contribution is 1.93. The van der Waals surface area contributed by atoms with Crippen LogP contribution < -0.4 is 5.32 Å². The van der Waals surface area contributed by atoms with Crippen molar-refractivity contribution < 1.29 is 4.79 Å². The first-order valence-corrected chi connectivity index (χ1v) is 5.89. The van der Waals surface area contributed by atoms with E-state index in [0.717, 1.165) is 19.4 Å². The number of rotatable bonds is 7. The molecule has 1 amide bonds. The van der Waals surface area contributed by atoms with E-state index < -0.39 is 0 Å². The van der Waals surface area contributed by atoms with Crippen molar-refractivity contribution in [3.05, 3.63) is 36.5 Å². The zero-order valence-electron chi connectivity index (χ0n) is 10.6. The monoisotopic (exact) mass is 221 g/mol. The SMILES string of the molecule is C/C=C\C=C\CC/C=C/C(=O)NCC(C)C. The summed E-state index contributed by atoms with van der Waals surface area (Å²) >= 11 is 0. The lowest BCUT2D eigenvalue weighted by atomic mass is 10.2. The van der Waals surface area contributed by atoms with Gasteiger partial charge < -0.3 is 5.32 Å². The molecule has 0 aliphatic carbocycles. The van der Waals surface area contributed by atoms with Crippen LogP contribution in [0.1, 0.15) is 33.6 Å². The van der Waals surface area contributed by atoms with E-state index in [4.69, 9.17) is 0 Å². The van der Waals surface area contributed by atoms with Gasteiger partial charge in [-0.05, 0) is 31.8 Å². The molecule has 0 saturated heterocycles. The van der Waals surface area contributed by atoms with Crippen LogP contribution in [0.15, 0.2) is 36.5 Å². The van der Waals surface area contributed by atoms with Crippen LogP contribution in [0.5, 0.6) is 0 Å². The summed E-state index contributed by atoms with van der Waals surface area (Å²) in [5.74, 6) is 0.507. The maximum atomic E-state index is 11.3. The third-order valence-corrected chi connectivity index (χ3v) is 1.89. The van der Waals surface area contributed by atoms with Crippen LogP contribution in [0.3, 0.4) is 0 Å². The first-order chi connectivity index (χ1) is 7.66. The number of carbonyl (C=O) groups excluding carboxylic acids is 1. The van der Waals surface area contributed by atoms with Gasteiger partial charge in [0.25, 0.3) is 0 Å². The molecule has 0 unspecified atom stereocenters. The van der Waals surface area contributed by atoms with E-state index in [9.17, 15) is 4.79 Å². The first kappa shape index (κ1) is 14.7. The molecule has 0 radical (unpaired) electrons. The van der Waals surface area contributed by atoms with Crippen molar-refractivity contribution in [1.29, 1.82) is 0 Å². The van der Waals surface area contributed by atoms with Gasteiger partial charge in [0.1, 0.15) is 0 Å². The fourth-order valence-corrected chi connectivity index (χ4v) is 1.03. The third kappa shape index (κ3) is 10.8. The van der Waals surface area contributed by atoms with Gasteiger partial charge in [0.05, 0.1) is 0 Å². The van der Waals surface area contributed by atoms with Gasteiger partial charge in [-0.2, -0.15) is 0 Å². The van der Waals surface area contributed by atoms with Crippen LogP contribution in [0, 0.1) is 5.92 Å². The molecule has 0 atom stereocenters. The number of unbranched alkanes of at least 4 members (excludes halogenated alkanes) is 1. The lowest BCUT2D eigenvalue weighted by Gasteiger charge is -2.03. The minimum Gasteiger partial charge on any atom is -0.352 e. The van der Waals surface area contributed by atoms with E-state index in [1.165, 1.54) is 0 Å². The van der Waals surface area contributed by atoms with Crippen LogP contribution in [-0.2, 0) is 4.79 Å². The summed E-state index contributed by atoms with van der Waals surface area (Å²) in [7, 11) is 0. The lowest BCUT2D eigenvalue weighted by molar-refractivity contribution is -0.116. The average molecular weight is 221 g/mol. The van der Waals surface area contributed by atoms with Crippen molar-refractivity contribution in [3.63, 3.8) is 0 Å². The summed E-state index contributed by atoms with van der Waals surface area (Å²) < 4.78 is 0. The topological polar surface area (TPSA) is 29.1 Å².